The smallest absolute Gasteiger partial charge is 0.317 e. The van der Waals surface area contributed by atoms with E-state index in [4.69, 9.17) is 28.3 Å². The Bertz CT molecular complexity index is 563. The Morgan fingerprint density at radius 2 is 2.10 bits per heavy atom. The van der Waals surface area contributed by atoms with Gasteiger partial charge in [0.05, 0.1) is 10.0 Å². The summed E-state index contributed by atoms with van der Waals surface area (Å²) in [4.78, 5) is 24.1. The van der Waals surface area contributed by atoms with Crippen molar-refractivity contribution >= 4 is 35.2 Å². The van der Waals surface area contributed by atoms with Crippen LogP contribution in [0.3, 0.4) is 0 Å². The van der Waals surface area contributed by atoms with E-state index in [1.807, 2.05) is 6.07 Å². The van der Waals surface area contributed by atoms with Gasteiger partial charge in [-0.2, -0.15) is 0 Å². The number of nitrogens with one attached hydrogen (secondary N) is 1. The number of urea groups is 1. The third-order valence-electron chi connectivity index (χ3n) is 3.42. The fourth-order valence-electron chi connectivity index (χ4n) is 2.30. The van der Waals surface area contributed by atoms with Gasteiger partial charge in [-0.25, -0.2) is 4.79 Å². The van der Waals surface area contributed by atoms with E-state index in [0.717, 1.165) is 11.1 Å². The van der Waals surface area contributed by atoms with Crippen LogP contribution in [0.5, 0.6) is 0 Å². The normalized spacial score (nSPS) is 13.7. The maximum atomic E-state index is 12.0. The van der Waals surface area contributed by atoms with Crippen LogP contribution in [-0.2, 0) is 17.8 Å². The number of nitrogens with zero attached hydrogens (tertiary/aromatic N) is 1. The number of rotatable bonds is 4. The molecule has 0 saturated heterocycles. The van der Waals surface area contributed by atoms with Crippen LogP contribution in [0.4, 0.5) is 4.79 Å². The van der Waals surface area contributed by atoms with Gasteiger partial charge in [-0.05, 0) is 30.0 Å². The molecular formula is C14H16Cl2N2O3. The second-order valence-corrected chi connectivity index (χ2v) is 5.68. The van der Waals surface area contributed by atoms with E-state index in [0.29, 0.717) is 42.5 Å². The number of hydrogen-bond acceptors (Lipinski definition) is 2. The number of carboxylic acid groups (broad SMARTS) is 1. The standard InChI is InChI=1S/C14H16Cl2N2O3/c15-11-4-3-9-8-18(7-5-10(9)13(11)16)14(21)17-6-1-2-12(19)20/h3-4H,1-2,5-8H2,(H,17,21)(H,19,20). The van der Waals surface area contributed by atoms with Gasteiger partial charge in [0.2, 0.25) is 0 Å². The highest BCUT2D eigenvalue weighted by atomic mass is 35.5. The molecule has 114 valence electrons. The molecule has 5 nitrogen and oxygen atoms in total. The largest absolute Gasteiger partial charge is 0.481 e. The van der Waals surface area contributed by atoms with E-state index in [2.05, 4.69) is 5.32 Å². The number of benzene rings is 1. The molecule has 2 N–H and O–H groups in total. The van der Waals surface area contributed by atoms with Gasteiger partial charge < -0.3 is 15.3 Å². The zero-order chi connectivity index (χ0) is 15.4. The van der Waals surface area contributed by atoms with Crippen molar-refractivity contribution in [3.05, 3.63) is 33.3 Å². The number of fused-ring (bicyclic) bond motifs is 1. The third-order valence-corrected chi connectivity index (χ3v) is 4.26. The van der Waals surface area contributed by atoms with E-state index in [-0.39, 0.29) is 12.5 Å². The first-order chi connectivity index (χ1) is 9.99. The molecule has 0 aliphatic carbocycles. The summed E-state index contributed by atoms with van der Waals surface area (Å²) >= 11 is 12.1. The molecule has 1 aromatic carbocycles. The maximum Gasteiger partial charge on any atom is 0.317 e. The van der Waals surface area contributed by atoms with E-state index in [9.17, 15) is 9.59 Å². The predicted octanol–water partition coefficient (Wildman–Crippen LogP) is 2.93. The van der Waals surface area contributed by atoms with Gasteiger partial charge in [0, 0.05) is 26.1 Å². The minimum Gasteiger partial charge on any atom is -0.481 e. The fraction of sp³-hybridized carbons (Fsp3) is 0.429. The van der Waals surface area contributed by atoms with Gasteiger partial charge in [0.25, 0.3) is 0 Å². The average molecular weight is 331 g/mol. The number of hydrogen-bond donors (Lipinski definition) is 2. The Labute approximate surface area is 132 Å². The molecule has 0 saturated carbocycles. The number of carboxylic acids is 1. The first-order valence-corrected chi connectivity index (χ1v) is 7.45. The van der Waals surface area contributed by atoms with E-state index >= 15 is 0 Å². The summed E-state index contributed by atoms with van der Waals surface area (Å²) in [6.07, 6.45) is 1.14. The Balaban J connectivity index is 1.90. The van der Waals surface area contributed by atoms with Crippen LogP contribution in [0.15, 0.2) is 12.1 Å². The first-order valence-electron chi connectivity index (χ1n) is 6.69. The number of aliphatic carboxylic acids is 1. The Hall–Kier alpha value is -1.46. The molecule has 2 amide bonds. The molecule has 21 heavy (non-hydrogen) atoms. The Morgan fingerprint density at radius 1 is 1.33 bits per heavy atom. The Morgan fingerprint density at radius 3 is 2.81 bits per heavy atom. The Kier molecular flexibility index (Phi) is 5.31. The van der Waals surface area contributed by atoms with Gasteiger partial charge >= 0.3 is 12.0 Å². The van der Waals surface area contributed by atoms with E-state index < -0.39 is 5.97 Å². The highest BCUT2D eigenvalue weighted by Gasteiger charge is 2.22. The van der Waals surface area contributed by atoms with Gasteiger partial charge in [-0.3, -0.25) is 4.79 Å². The zero-order valence-electron chi connectivity index (χ0n) is 11.4. The van der Waals surface area contributed by atoms with Crippen molar-refractivity contribution in [3.8, 4) is 0 Å². The second kappa shape index (κ2) is 7.00. The van der Waals surface area contributed by atoms with Crippen LogP contribution in [0.25, 0.3) is 0 Å². The van der Waals surface area contributed by atoms with Gasteiger partial charge in [0.15, 0.2) is 0 Å². The highest BCUT2D eigenvalue weighted by Crippen LogP contribution is 2.32. The summed E-state index contributed by atoms with van der Waals surface area (Å²) in [6.45, 7) is 1.41. The topological polar surface area (TPSA) is 69.6 Å². The summed E-state index contributed by atoms with van der Waals surface area (Å²) in [5.41, 5.74) is 2.00. The average Bonchev–Trinajstić information content (AvgIpc) is 2.46. The summed E-state index contributed by atoms with van der Waals surface area (Å²) in [7, 11) is 0. The van der Waals surface area contributed by atoms with Gasteiger partial charge in [-0.15, -0.1) is 0 Å². The minimum atomic E-state index is -0.859. The lowest BCUT2D eigenvalue weighted by molar-refractivity contribution is -0.137. The first kappa shape index (κ1) is 15.9. The molecule has 0 radical (unpaired) electrons. The molecule has 0 fully saturated rings. The molecule has 1 aliphatic heterocycles. The maximum absolute atomic E-state index is 12.0. The van der Waals surface area contributed by atoms with Crippen LogP contribution in [0, 0.1) is 0 Å². The fourth-order valence-corrected chi connectivity index (χ4v) is 2.76. The van der Waals surface area contributed by atoms with Crippen LogP contribution in [-0.4, -0.2) is 35.1 Å². The number of halogens is 2. The molecular weight excluding hydrogens is 315 g/mol. The molecule has 7 heteroatoms. The quantitative estimate of drug-likeness (QED) is 0.834. The lowest BCUT2D eigenvalue weighted by atomic mass is 10.00. The SMILES string of the molecule is O=C(O)CCCNC(=O)N1CCc2c(ccc(Cl)c2Cl)C1. The number of carbonyl (C=O) groups is 2. The van der Waals surface area contributed by atoms with Crippen molar-refractivity contribution in [2.24, 2.45) is 0 Å². The van der Waals surface area contributed by atoms with Crippen molar-refractivity contribution in [1.82, 2.24) is 10.2 Å². The second-order valence-electron chi connectivity index (χ2n) is 4.90. The molecule has 2 rings (SSSR count). The summed E-state index contributed by atoms with van der Waals surface area (Å²) < 4.78 is 0. The van der Waals surface area contributed by atoms with Crippen molar-refractivity contribution in [1.29, 1.82) is 0 Å². The third kappa shape index (κ3) is 4.02. The molecule has 0 unspecified atom stereocenters. The molecule has 1 aliphatic rings. The summed E-state index contributed by atoms with van der Waals surface area (Å²) in [5, 5.41) is 12.4. The summed E-state index contributed by atoms with van der Waals surface area (Å²) in [6, 6.07) is 3.43. The minimum absolute atomic E-state index is 0.0528. The van der Waals surface area contributed by atoms with Crippen molar-refractivity contribution < 1.29 is 14.7 Å². The van der Waals surface area contributed by atoms with Crippen LogP contribution in [0.1, 0.15) is 24.0 Å². The van der Waals surface area contributed by atoms with Crippen molar-refractivity contribution in [2.45, 2.75) is 25.8 Å². The predicted molar refractivity (Wildman–Crippen MR) is 80.8 cm³/mol. The van der Waals surface area contributed by atoms with Crippen molar-refractivity contribution in [2.75, 3.05) is 13.1 Å². The monoisotopic (exact) mass is 330 g/mol. The highest BCUT2D eigenvalue weighted by molar-refractivity contribution is 6.42. The molecule has 0 atom stereocenters. The molecule has 1 heterocycles. The molecule has 0 bridgehead atoms. The van der Waals surface area contributed by atoms with Gasteiger partial charge in [-0.1, -0.05) is 29.3 Å². The number of carbonyl (C=O) groups excluding carboxylic acids is 1. The molecule has 0 aromatic heterocycles. The van der Waals surface area contributed by atoms with Crippen LogP contribution in [0.2, 0.25) is 10.0 Å². The van der Waals surface area contributed by atoms with Crippen molar-refractivity contribution in [3.63, 3.8) is 0 Å². The van der Waals surface area contributed by atoms with Crippen LogP contribution >= 0.6 is 23.2 Å². The number of amides is 2. The van der Waals surface area contributed by atoms with Crippen LogP contribution < -0.4 is 5.32 Å². The molecule has 1 aromatic rings. The lowest BCUT2D eigenvalue weighted by Crippen LogP contribution is -2.43. The summed E-state index contributed by atoms with van der Waals surface area (Å²) in [5.74, 6) is -0.859. The van der Waals surface area contributed by atoms with E-state index in [1.165, 1.54) is 0 Å². The zero-order valence-corrected chi connectivity index (χ0v) is 12.9. The van der Waals surface area contributed by atoms with Gasteiger partial charge in [0.1, 0.15) is 0 Å². The molecule has 0 spiro atoms. The lowest BCUT2D eigenvalue weighted by Gasteiger charge is -2.29. The van der Waals surface area contributed by atoms with E-state index in [1.54, 1.807) is 11.0 Å².